The number of nitrogens with one attached hydrogen (secondary N) is 1. The van der Waals surface area contributed by atoms with Crippen molar-refractivity contribution < 1.29 is 26.4 Å². The summed E-state index contributed by atoms with van der Waals surface area (Å²) in [6, 6.07) is 10.2. The number of benzene rings is 3. The van der Waals surface area contributed by atoms with Gasteiger partial charge in [0.1, 0.15) is 11.5 Å². The van der Waals surface area contributed by atoms with E-state index in [0.29, 0.717) is 0 Å². The number of sulfonamides is 1. The van der Waals surface area contributed by atoms with Crippen molar-refractivity contribution in [2.45, 2.75) is 4.90 Å². The van der Waals surface area contributed by atoms with Crippen LogP contribution in [0.3, 0.4) is 0 Å². The normalized spacial score (nSPS) is 11.2. The molecule has 33 heavy (non-hydrogen) atoms. The highest BCUT2D eigenvalue weighted by Gasteiger charge is 2.24. The first kappa shape index (κ1) is 24.4. The quantitative estimate of drug-likeness (QED) is 0.526. The number of amides is 1. The Kier molecular flexibility index (Phi) is 6.89. The van der Waals surface area contributed by atoms with Crippen molar-refractivity contribution in [2.24, 2.45) is 0 Å². The van der Waals surface area contributed by atoms with Crippen LogP contribution in [-0.4, -0.2) is 35.5 Å². The van der Waals surface area contributed by atoms with E-state index in [1.165, 1.54) is 50.3 Å². The van der Waals surface area contributed by atoms with Crippen LogP contribution in [-0.2, 0) is 10.0 Å². The maximum atomic E-state index is 14.2. The Labute approximate surface area is 194 Å². The summed E-state index contributed by atoms with van der Waals surface area (Å²) in [5, 5.41) is 2.25. The molecule has 3 aromatic rings. The Bertz CT molecular complexity index is 1290. The number of anilines is 3. The second-order valence-corrected chi connectivity index (χ2v) is 9.60. The summed E-state index contributed by atoms with van der Waals surface area (Å²) in [6.07, 6.45) is 0. The van der Waals surface area contributed by atoms with Gasteiger partial charge >= 0.3 is 0 Å². The van der Waals surface area contributed by atoms with Crippen molar-refractivity contribution in [3.8, 4) is 0 Å². The van der Waals surface area contributed by atoms with E-state index in [1.807, 2.05) is 0 Å². The van der Waals surface area contributed by atoms with Gasteiger partial charge in [0.2, 0.25) is 0 Å². The molecular formula is C22H19ClF3N3O3S. The highest BCUT2D eigenvalue weighted by molar-refractivity contribution is 7.92. The molecule has 11 heteroatoms. The second kappa shape index (κ2) is 9.32. The highest BCUT2D eigenvalue weighted by Crippen LogP contribution is 2.28. The molecule has 0 fully saturated rings. The fourth-order valence-electron chi connectivity index (χ4n) is 3.05. The molecule has 1 N–H and O–H groups in total. The first-order chi connectivity index (χ1) is 15.4. The van der Waals surface area contributed by atoms with E-state index in [2.05, 4.69) is 5.32 Å². The zero-order valence-electron chi connectivity index (χ0n) is 17.7. The van der Waals surface area contributed by atoms with Crippen molar-refractivity contribution in [3.05, 3.63) is 82.6 Å². The smallest absolute Gasteiger partial charge is 0.264 e. The van der Waals surface area contributed by atoms with Crippen LogP contribution >= 0.6 is 11.6 Å². The maximum Gasteiger partial charge on any atom is 0.264 e. The Morgan fingerprint density at radius 1 is 0.909 bits per heavy atom. The zero-order chi connectivity index (χ0) is 24.5. The third-order valence-corrected chi connectivity index (χ3v) is 6.86. The van der Waals surface area contributed by atoms with Gasteiger partial charge < -0.3 is 10.2 Å². The molecule has 0 spiro atoms. The number of rotatable bonds is 6. The van der Waals surface area contributed by atoms with Gasteiger partial charge in [0, 0.05) is 26.8 Å². The summed E-state index contributed by atoms with van der Waals surface area (Å²) in [5.41, 5.74) is -0.469. The van der Waals surface area contributed by atoms with Gasteiger partial charge in [-0.25, -0.2) is 21.6 Å². The van der Waals surface area contributed by atoms with Crippen LogP contribution in [0.2, 0.25) is 5.02 Å². The van der Waals surface area contributed by atoms with Crippen molar-refractivity contribution >= 4 is 44.6 Å². The summed E-state index contributed by atoms with van der Waals surface area (Å²) in [5.74, 6) is -3.17. The van der Waals surface area contributed by atoms with Crippen molar-refractivity contribution in [1.82, 2.24) is 0 Å². The SMILES string of the molecule is CN(C)c1c(F)cc(NC(=O)c2cc(S(=O)(=O)N(C)c3ccc(F)cc3)ccc2Cl)cc1F. The summed E-state index contributed by atoms with van der Waals surface area (Å²) < 4.78 is 68.5. The molecule has 0 saturated heterocycles. The Balaban J connectivity index is 1.93. The van der Waals surface area contributed by atoms with Crippen LogP contribution in [0, 0.1) is 17.5 Å². The molecule has 0 unspecified atom stereocenters. The van der Waals surface area contributed by atoms with Gasteiger partial charge in [-0.15, -0.1) is 0 Å². The zero-order valence-corrected chi connectivity index (χ0v) is 19.3. The highest BCUT2D eigenvalue weighted by atomic mass is 35.5. The minimum atomic E-state index is -4.13. The topological polar surface area (TPSA) is 69.7 Å². The average molecular weight is 498 g/mol. The van der Waals surface area contributed by atoms with Crippen LogP contribution in [0.25, 0.3) is 0 Å². The summed E-state index contributed by atoms with van der Waals surface area (Å²) >= 11 is 6.08. The van der Waals surface area contributed by atoms with E-state index in [-0.39, 0.29) is 32.5 Å². The molecule has 3 aromatic carbocycles. The van der Waals surface area contributed by atoms with Gasteiger partial charge in [-0.3, -0.25) is 9.10 Å². The standard InChI is InChI=1S/C22H19ClF3N3O3S/c1-28(2)21-19(25)10-14(11-20(21)26)27-22(30)17-12-16(8-9-18(17)23)33(31,32)29(3)15-6-4-13(24)5-7-15/h4-12H,1-3H3,(H,27,30). The lowest BCUT2D eigenvalue weighted by molar-refractivity contribution is 0.102. The molecule has 0 radical (unpaired) electrons. The molecule has 0 aliphatic carbocycles. The number of carbonyl (C=O) groups excluding carboxylic acids is 1. The van der Waals surface area contributed by atoms with Crippen molar-refractivity contribution in [1.29, 1.82) is 0 Å². The number of nitrogens with zero attached hydrogens (tertiary/aromatic N) is 2. The molecule has 1 amide bonds. The summed E-state index contributed by atoms with van der Waals surface area (Å²) in [7, 11) is 0.0736. The molecule has 0 aromatic heterocycles. The van der Waals surface area contributed by atoms with Crippen molar-refractivity contribution in [3.63, 3.8) is 0 Å². The van der Waals surface area contributed by atoms with Crippen LogP contribution in [0.15, 0.2) is 59.5 Å². The largest absolute Gasteiger partial charge is 0.373 e. The fourth-order valence-corrected chi connectivity index (χ4v) is 4.48. The molecule has 0 aliphatic rings. The number of halogens is 4. The molecule has 0 atom stereocenters. The number of carbonyl (C=O) groups is 1. The monoisotopic (exact) mass is 497 g/mol. The Morgan fingerprint density at radius 3 is 2.03 bits per heavy atom. The lowest BCUT2D eigenvalue weighted by Gasteiger charge is -2.20. The van der Waals surface area contributed by atoms with Crippen molar-refractivity contribution in [2.75, 3.05) is 35.7 Å². The first-order valence-electron chi connectivity index (χ1n) is 9.43. The van der Waals surface area contributed by atoms with Gasteiger partial charge in [-0.2, -0.15) is 0 Å². The number of hydrogen-bond acceptors (Lipinski definition) is 4. The van der Waals surface area contributed by atoms with E-state index in [9.17, 15) is 26.4 Å². The van der Waals surface area contributed by atoms with E-state index in [1.54, 1.807) is 0 Å². The van der Waals surface area contributed by atoms with Crippen LogP contribution in [0.4, 0.5) is 30.2 Å². The van der Waals surface area contributed by atoms with Crippen LogP contribution < -0.4 is 14.5 Å². The second-order valence-electron chi connectivity index (χ2n) is 7.23. The summed E-state index contributed by atoms with van der Waals surface area (Å²) in [4.78, 5) is 13.7. The average Bonchev–Trinajstić information content (AvgIpc) is 2.73. The Hall–Kier alpha value is -3.24. The molecule has 0 saturated carbocycles. The maximum absolute atomic E-state index is 14.2. The lowest BCUT2D eigenvalue weighted by atomic mass is 10.2. The molecule has 174 valence electrons. The number of hydrogen-bond donors (Lipinski definition) is 1. The molecular weight excluding hydrogens is 479 g/mol. The third-order valence-electron chi connectivity index (χ3n) is 4.75. The minimum Gasteiger partial charge on any atom is -0.373 e. The van der Waals surface area contributed by atoms with Crippen LogP contribution in [0.5, 0.6) is 0 Å². The molecule has 6 nitrogen and oxygen atoms in total. The Morgan fingerprint density at radius 2 is 1.48 bits per heavy atom. The fraction of sp³-hybridized carbons (Fsp3) is 0.136. The molecule has 0 aliphatic heterocycles. The summed E-state index contributed by atoms with van der Waals surface area (Å²) in [6.45, 7) is 0. The van der Waals surface area contributed by atoms with Gasteiger partial charge in [-0.1, -0.05) is 11.6 Å². The predicted molar refractivity (Wildman–Crippen MR) is 122 cm³/mol. The molecule has 0 heterocycles. The first-order valence-corrected chi connectivity index (χ1v) is 11.3. The predicted octanol–water partition coefficient (Wildman–Crippen LogP) is 4.90. The van der Waals surface area contributed by atoms with Gasteiger partial charge in [-0.05, 0) is 54.6 Å². The van der Waals surface area contributed by atoms with Gasteiger partial charge in [0.15, 0.2) is 11.6 Å². The minimum absolute atomic E-state index is 0.0678. The van der Waals surface area contributed by atoms with E-state index >= 15 is 0 Å². The third kappa shape index (κ3) is 5.07. The van der Waals surface area contributed by atoms with E-state index < -0.39 is 33.4 Å². The molecule has 3 rings (SSSR count). The van der Waals surface area contributed by atoms with Gasteiger partial charge in [0.05, 0.1) is 21.2 Å². The van der Waals surface area contributed by atoms with E-state index in [4.69, 9.17) is 11.6 Å². The van der Waals surface area contributed by atoms with Gasteiger partial charge in [0.25, 0.3) is 15.9 Å². The lowest BCUT2D eigenvalue weighted by Crippen LogP contribution is -2.27. The van der Waals surface area contributed by atoms with Crippen LogP contribution in [0.1, 0.15) is 10.4 Å². The van der Waals surface area contributed by atoms with E-state index in [0.717, 1.165) is 34.6 Å². The molecule has 0 bridgehead atoms.